The molecule has 0 radical (unpaired) electrons. The Morgan fingerprint density at radius 1 is 1.25 bits per heavy atom. The fraction of sp³-hybridized carbons (Fsp3) is 0.909. The van der Waals surface area contributed by atoms with Gasteiger partial charge in [0.1, 0.15) is 6.10 Å². The molecule has 1 atom stereocenters. The summed E-state index contributed by atoms with van der Waals surface area (Å²) in [7, 11) is 0. The number of hydrogen-bond donors (Lipinski definition) is 2. The molecule has 5 heteroatoms. The summed E-state index contributed by atoms with van der Waals surface area (Å²) in [6, 6.07) is 0.386. The average Bonchev–Trinajstić information content (AvgIpc) is 2.31. The number of halogens is 1. The van der Waals surface area contributed by atoms with E-state index in [9.17, 15) is 4.79 Å². The van der Waals surface area contributed by atoms with Gasteiger partial charge in [0.15, 0.2) is 0 Å². The maximum Gasteiger partial charge on any atom is 0.250 e. The zero-order chi connectivity index (χ0) is 10.5. The van der Waals surface area contributed by atoms with E-state index in [4.69, 9.17) is 4.74 Å². The Kier molecular flexibility index (Phi) is 6.09. The summed E-state index contributed by atoms with van der Waals surface area (Å²) in [5, 5.41) is 6.25. The zero-order valence-electron chi connectivity index (χ0n) is 9.54. The lowest BCUT2D eigenvalue weighted by molar-refractivity contribution is -0.135. The van der Waals surface area contributed by atoms with Gasteiger partial charge in [0.2, 0.25) is 0 Å². The number of carbonyl (C=O) groups excluding carboxylic acids is 1. The van der Waals surface area contributed by atoms with E-state index in [2.05, 4.69) is 10.6 Å². The molecule has 0 bridgehead atoms. The molecule has 1 saturated carbocycles. The predicted molar refractivity (Wildman–Crippen MR) is 64.9 cm³/mol. The first-order valence-electron chi connectivity index (χ1n) is 5.99. The second-order valence-electron chi connectivity index (χ2n) is 4.41. The first-order valence-corrected chi connectivity index (χ1v) is 5.99. The van der Waals surface area contributed by atoms with Crippen molar-refractivity contribution in [3.05, 3.63) is 0 Å². The molecule has 16 heavy (non-hydrogen) atoms. The monoisotopic (exact) mass is 248 g/mol. The van der Waals surface area contributed by atoms with Crippen LogP contribution in [-0.4, -0.2) is 37.7 Å². The number of hydrogen-bond acceptors (Lipinski definition) is 3. The molecule has 0 spiro atoms. The van der Waals surface area contributed by atoms with Crippen LogP contribution in [0.25, 0.3) is 0 Å². The first-order chi connectivity index (χ1) is 7.36. The third kappa shape index (κ3) is 3.92. The first kappa shape index (κ1) is 13.7. The molecular weight excluding hydrogens is 228 g/mol. The lowest BCUT2D eigenvalue weighted by Crippen LogP contribution is -2.50. The van der Waals surface area contributed by atoms with E-state index >= 15 is 0 Å². The third-order valence-corrected chi connectivity index (χ3v) is 3.17. The number of nitrogens with one attached hydrogen (secondary N) is 2. The maximum atomic E-state index is 11.8. The van der Waals surface area contributed by atoms with Crippen LogP contribution < -0.4 is 10.6 Å². The van der Waals surface area contributed by atoms with Crippen LogP contribution in [0.3, 0.4) is 0 Å². The van der Waals surface area contributed by atoms with Crippen LogP contribution in [0.2, 0.25) is 0 Å². The summed E-state index contributed by atoms with van der Waals surface area (Å²) < 4.78 is 5.41. The Hall–Kier alpha value is -0.320. The highest BCUT2D eigenvalue weighted by Gasteiger charge is 2.24. The van der Waals surface area contributed by atoms with Crippen molar-refractivity contribution in [3.63, 3.8) is 0 Å². The third-order valence-electron chi connectivity index (χ3n) is 3.17. The average molecular weight is 249 g/mol. The van der Waals surface area contributed by atoms with E-state index in [1.165, 1.54) is 19.3 Å². The zero-order valence-corrected chi connectivity index (χ0v) is 10.4. The van der Waals surface area contributed by atoms with Crippen molar-refractivity contribution in [2.45, 2.75) is 44.2 Å². The second kappa shape index (κ2) is 7.09. The maximum absolute atomic E-state index is 11.8. The van der Waals surface area contributed by atoms with E-state index in [0.29, 0.717) is 19.2 Å². The largest absolute Gasteiger partial charge is 0.366 e. The summed E-state index contributed by atoms with van der Waals surface area (Å²) >= 11 is 0. The fourth-order valence-electron chi connectivity index (χ4n) is 2.27. The van der Waals surface area contributed by atoms with Crippen molar-refractivity contribution in [1.82, 2.24) is 10.6 Å². The van der Waals surface area contributed by atoms with Gasteiger partial charge in [-0.05, 0) is 12.8 Å². The van der Waals surface area contributed by atoms with Crippen molar-refractivity contribution in [1.29, 1.82) is 0 Å². The van der Waals surface area contributed by atoms with E-state index in [1.807, 2.05) is 0 Å². The van der Waals surface area contributed by atoms with Gasteiger partial charge in [0.25, 0.3) is 5.91 Å². The fourth-order valence-corrected chi connectivity index (χ4v) is 2.27. The van der Waals surface area contributed by atoms with Crippen molar-refractivity contribution in [2.75, 3.05) is 19.7 Å². The highest BCUT2D eigenvalue weighted by atomic mass is 35.5. The molecule has 1 aliphatic carbocycles. The minimum atomic E-state index is -0.277. The molecule has 1 amide bonds. The SMILES string of the molecule is Cl.O=C(NC1CCCCC1)[C@@H]1CNCCO1. The molecule has 1 saturated heterocycles. The number of rotatable bonds is 2. The van der Waals surface area contributed by atoms with Crippen molar-refractivity contribution < 1.29 is 9.53 Å². The van der Waals surface area contributed by atoms with Gasteiger partial charge < -0.3 is 15.4 Å². The summed E-state index contributed by atoms with van der Waals surface area (Å²) in [5.41, 5.74) is 0. The van der Waals surface area contributed by atoms with Crippen LogP contribution in [0.4, 0.5) is 0 Å². The van der Waals surface area contributed by atoms with Crippen molar-refractivity contribution >= 4 is 18.3 Å². The van der Waals surface area contributed by atoms with Crippen LogP contribution in [0.1, 0.15) is 32.1 Å². The molecular formula is C11H21ClN2O2. The second-order valence-corrected chi connectivity index (χ2v) is 4.41. The van der Waals surface area contributed by atoms with Crippen molar-refractivity contribution in [3.8, 4) is 0 Å². The van der Waals surface area contributed by atoms with E-state index in [1.54, 1.807) is 0 Å². The van der Waals surface area contributed by atoms with E-state index < -0.39 is 0 Å². The van der Waals surface area contributed by atoms with Crippen LogP contribution in [0.15, 0.2) is 0 Å². The molecule has 2 fully saturated rings. The number of amides is 1. The molecule has 2 rings (SSSR count). The predicted octanol–water partition coefficient (Wildman–Crippen LogP) is 0.845. The quantitative estimate of drug-likeness (QED) is 0.762. The van der Waals surface area contributed by atoms with Gasteiger partial charge in [-0.25, -0.2) is 0 Å². The van der Waals surface area contributed by atoms with Crippen LogP contribution in [0, 0.1) is 0 Å². The van der Waals surface area contributed by atoms with Gasteiger partial charge in [-0.2, -0.15) is 0 Å². The molecule has 94 valence electrons. The highest BCUT2D eigenvalue weighted by Crippen LogP contribution is 2.17. The van der Waals surface area contributed by atoms with Gasteiger partial charge in [-0.15, -0.1) is 12.4 Å². The van der Waals surface area contributed by atoms with Gasteiger partial charge in [-0.3, -0.25) is 4.79 Å². The summed E-state index contributed by atoms with van der Waals surface area (Å²) in [4.78, 5) is 11.8. The highest BCUT2D eigenvalue weighted by molar-refractivity contribution is 5.85. The van der Waals surface area contributed by atoms with Gasteiger partial charge in [0, 0.05) is 19.1 Å². The molecule has 4 nitrogen and oxygen atoms in total. The molecule has 0 aromatic heterocycles. The van der Waals surface area contributed by atoms with Crippen LogP contribution in [-0.2, 0) is 9.53 Å². The minimum absolute atomic E-state index is 0. The normalized spacial score (nSPS) is 26.9. The topological polar surface area (TPSA) is 50.4 Å². The Morgan fingerprint density at radius 2 is 2.00 bits per heavy atom. The molecule has 0 aromatic carbocycles. The smallest absolute Gasteiger partial charge is 0.250 e. The van der Waals surface area contributed by atoms with Gasteiger partial charge in [0.05, 0.1) is 6.61 Å². The number of morpholine rings is 1. The molecule has 2 aliphatic rings. The lowest BCUT2D eigenvalue weighted by atomic mass is 9.95. The van der Waals surface area contributed by atoms with E-state index in [-0.39, 0.29) is 24.4 Å². The number of carbonyl (C=O) groups is 1. The molecule has 1 aliphatic heterocycles. The Balaban J connectivity index is 0.00000128. The molecule has 0 aromatic rings. The molecule has 0 unspecified atom stereocenters. The van der Waals surface area contributed by atoms with Gasteiger partial charge in [-0.1, -0.05) is 19.3 Å². The Bertz CT molecular complexity index is 214. The Labute approximate surface area is 103 Å². The lowest BCUT2D eigenvalue weighted by Gasteiger charge is -2.27. The molecule has 2 N–H and O–H groups in total. The Morgan fingerprint density at radius 3 is 2.62 bits per heavy atom. The minimum Gasteiger partial charge on any atom is -0.366 e. The van der Waals surface area contributed by atoms with Crippen molar-refractivity contribution in [2.24, 2.45) is 0 Å². The number of ether oxygens (including phenoxy) is 1. The summed E-state index contributed by atoms with van der Waals surface area (Å²) in [5.74, 6) is 0.0640. The van der Waals surface area contributed by atoms with Crippen LogP contribution in [0.5, 0.6) is 0 Å². The van der Waals surface area contributed by atoms with Gasteiger partial charge >= 0.3 is 0 Å². The summed E-state index contributed by atoms with van der Waals surface area (Å²) in [6.45, 7) is 2.15. The molecule has 1 heterocycles. The standard InChI is InChI=1S/C11H20N2O2.ClH/c14-11(10-8-12-6-7-15-10)13-9-4-2-1-3-5-9;/h9-10,12H,1-8H2,(H,13,14);1H/t10-;/m0./s1. The van der Waals surface area contributed by atoms with E-state index in [0.717, 1.165) is 19.4 Å². The summed E-state index contributed by atoms with van der Waals surface area (Å²) in [6.07, 6.45) is 5.79. The van der Waals surface area contributed by atoms with Crippen LogP contribution >= 0.6 is 12.4 Å².